The monoisotopic (exact) mass is 445 g/mol. The van der Waals surface area contributed by atoms with Gasteiger partial charge in [0.25, 0.3) is 5.91 Å². The first-order valence-electron chi connectivity index (χ1n) is 12.2. The molecule has 3 heterocycles. The van der Waals surface area contributed by atoms with E-state index in [1.165, 1.54) is 29.7 Å². The van der Waals surface area contributed by atoms with Gasteiger partial charge < -0.3 is 9.80 Å². The number of fused-ring (bicyclic) bond motifs is 2. The third-order valence-corrected chi connectivity index (χ3v) is 7.26. The lowest BCUT2D eigenvalue weighted by atomic mass is 9.98. The summed E-state index contributed by atoms with van der Waals surface area (Å²) in [4.78, 5) is 40.9. The third kappa shape index (κ3) is 4.39. The number of rotatable bonds is 7. The molecule has 1 saturated heterocycles. The number of para-hydroxylation sites is 1. The molecule has 0 aliphatic carbocycles. The summed E-state index contributed by atoms with van der Waals surface area (Å²) in [5.74, 6) is -0.701. The number of carbonyl (C=O) groups excluding carboxylic acids is 3. The lowest BCUT2D eigenvalue weighted by Crippen LogP contribution is -2.52. The van der Waals surface area contributed by atoms with E-state index in [0.717, 1.165) is 44.3 Å². The number of anilines is 1. The third-order valence-electron chi connectivity index (χ3n) is 7.26. The number of hydrogen-bond donors (Lipinski definition) is 1. The second-order valence-corrected chi connectivity index (χ2v) is 9.37. The summed E-state index contributed by atoms with van der Waals surface area (Å²) in [6.45, 7) is 2.69. The Morgan fingerprint density at radius 1 is 0.939 bits per heavy atom. The number of nitrogens with zero attached hydrogens (tertiary/aromatic N) is 2. The molecule has 3 aliphatic rings. The van der Waals surface area contributed by atoms with Gasteiger partial charge in [-0.25, -0.2) is 0 Å². The first-order chi connectivity index (χ1) is 16.1. The predicted molar refractivity (Wildman–Crippen MR) is 127 cm³/mol. The van der Waals surface area contributed by atoms with E-state index in [2.05, 4.69) is 40.5 Å². The number of imide groups is 1. The summed E-state index contributed by atoms with van der Waals surface area (Å²) in [6, 6.07) is 14.1. The molecule has 5 rings (SSSR count). The van der Waals surface area contributed by atoms with Crippen LogP contribution in [0, 0.1) is 0 Å². The fourth-order valence-electron chi connectivity index (χ4n) is 5.52. The van der Waals surface area contributed by atoms with Gasteiger partial charge in [-0.3, -0.25) is 19.7 Å². The van der Waals surface area contributed by atoms with Crippen LogP contribution < -0.4 is 10.2 Å². The van der Waals surface area contributed by atoms with Crippen LogP contribution in [0.3, 0.4) is 0 Å². The summed E-state index contributed by atoms with van der Waals surface area (Å²) in [5, 5.41) is 2.37. The Bertz CT molecular complexity index is 1080. The predicted octanol–water partition coefficient (Wildman–Crippen LogP) is 3.61. The van der Waals surface area contributed by atoms with Gasteiger partial charge in [0.2, 0.25) is 11.8 Å². The summed E-state index contributed by atoms with van der Waals surface area (Å²) >= 11 is 0. The number of carbonyl (C=O) groups is 3. The average Bonchev–Trinajstić information content (AvgIpc) is 3.16. The summed E-state index contributed by atoms with van der Waals surface area (Å²) < 4.78 is 0. The van der Waals surface area contributed by atoms with Crippen LogP contribution in [0.15, 0.2) is 42.5 Å². The van der Waals surface area contributed by atoms with Crippen molar-refractivity contribution in [3.05, 3.63) is 64.7 Å². The van der Waals surface area contributed by atoms with Crippen molar-refractivity contribution in [1.29, 1.82) is 0 Å². The van der Waals surface area contributed by atoms with Crippen LogP contribution in [0.25, 0.3) is 0 Å². The SMILES string of the molecule is O=C1CCC(N2Cc3c(CCCCCN4CCCc5ccccc54)cccc3C2=O)C(=O)N1. The van der Waals surface area contributed by atoms with Crippen LogP contribution in [0.1, 0.15) is 65.6 Å². The van der Waals surface area contributed by atoms with Crippen molar-refractivity contribution in [2.75, 3.05) is 18.0 Å². The van der Waals surface area contributed by atoms with Crippen molar-refractivity contribution >= 4 is 23.4 Å². The van der Waals surface area contributed by atoms with Gasteiger partial charge in [-0.1, -0.05) is 36.8 Å². The zero-order valence-electron chi connectivity index (χ0n) is 19.0. The highest BCUT2D eigenvalue weighted by Gasteiger charge is 2.39. The molecule has 1 N–H and O–H groups in total. The second-order valence-electron chi connectivity index (χ2n) is 9.37. The van der Waals surface area contributed by atoms with E-state index < -0.39 is 6.04 Å². The fourth-order valence-corrected chi connectivity index (χ4v) is 5.52. The minimum absolute atomic E-state index is 0.0925. The summed E-state index contributed by atoms with van der Waals surface area (Å²) in [6.07, 6.45) is 7.42. The van der Waals surface area contributed by atoms with Crippen LogP contribution in [0.4, 0.5) is 5.69 Å². The average molecular weight is 446 g/mol. The highest BCUT2D eigenvalue weighted by molar-refractivity contribution is 6.05. The van der Waals surface area contributed by atoms with Crippen molar-refractivity contribution in [1.82, 2.24) is 10.2 Å². The molecule has 6 nitrogen and oxygen atoms in total. The van der Waals surface area contributed by atoms with Crippen LogP contribution in [0.2, 0.25) is 0 Å². The number of nitrogens with one attached hydrogen (secondary N) is 1. The second kappa shape index (κ2) is 9.38. The summed E-state index contributed by atoms with van der Waals surface area (Å²) in [5.41, 5.74) is 5.84. The highest BCUT2D eigenvalue weighted by Crippen LogP contribution is 2.31. The molecule has 1 unspecified atom stereocenters. The van der Waals surface area contributed by atoms with Crippen LogP contribution in [-0.4, -0.2) is 41.8 Å². The molecule has 2 aromatic rings. The van der Waals surface area contributed by atoms with Gasteiger partial charge in [0.15, 0.2) is 0 Å². The Balaban J connectivity index is 1.16. The smallest absolute Gasteiger partial charge is 0.255 e. The maximum absolute atomic E-state index is 13.0. The van der Waals surface area contributed by atoms with E-state index in [4.69, 9.17) is 0 Å². The number of benzene rings is 2. The molecular formula is C27H31N3O3. The van der Waals surface area contributed by atoms with Crippen molar-refractivity contribution in [2.45, 2.75) is 64.0 Å². The molecule has 0 bridgehead atoms. The Hall–Kier alpha value is -3.15. The summed E-state index contributed by atoms with van der Waals surface area (Å²) in [7, 11) is 0. The highest BCUT2D eigenvalue weighted by atomic mass is 16.2. The van der Waals surface area contributed by atoms with Crippen LogP contribution in [0.5, 0.6) is 0 Å². The zero-order chi connectivity index (χ0) is 22.8. The van der Waals surface area contributed by atoms with Gasteiger partial charge in [-0.15, -0.1) is 0 Å². The molecule has 172 valence electrons. The van der Waals surface area contributed by atoms with E-state index in [9.17, 15) is 14.4 Å². The molecule has 1 atom stereocenters. The Kier molecular flexibility index (Phi) is 6.16. The molecular weight excluding hydrogens is 414 g/mol. The topological polar surface area (TPSA) is 69.7 Å². The Morgan fingerprint density at radius 2 is 1.82 bits per heavy atom. The molecule has 0 radical (unpaired) electrons. The number of unbranched alkanes of at least 4 members (excludes halogenated alkanes) is 2. The van der Waals surface area contributed by atoms with Crippen molar-refractivity contribution in [2.24, 2.45) is 0 Å². The quantitative estimate of drug-likeness (QED) is 0.522. The maximum atomic E-state index is 13.0. The molecule has 1 fully saturated rings. The normalized spacial score (nSPS) is 20.0. The van der Waals surface area contributed by atoms with Gasteiger partial charge in [-0.2, -0.15) is 0 Å². The first kappa shape index (κ1) is 21.7. The molecule has 33 heavy (non-hydrogen) atoms. The lowest BCUT2D eigenvalue weighted by molar-refractivity contribution is -0.136. The van der Waals surface area contributed by atoms with Crippen LogP contribution >= 0.6 is 0 Å². The van der Waals surface area contributed by atoms with E-state index in [1.54, 1.807) is 4.90 Å². The van der Waals surface area contributed by atoms with E-state index in [-0.39, 0.29) is 24.1 Å². The Morgan fingerprint density at radius 3 is 2.70 bits per heavy atom. The molecule has 0 aromatic heterocycles. The largest absolute Gasteiger partial charge is 0.371 e. The van der Waals surface area contributed by atoms with Gasteiger partial charge in [0.1, 0.15) is 6.04 Å². The van der Waals surface area contributed by atoms with Gasteiger partial charge in [0, 0.05) is 37.3 Å². The number of hydrogen-bond acceptors (Lipinski definition) is 4. The van der Waals surface area contributed by atoms with Gasteiger partial charge in [-0.05, 0) is 67.3 Å². The van der Waals surface area contributed by atoms with E-state index in [1.807, 2.05) is 12.1 Å². The molecule has 6 heteroatoms. The van der Waals surface area contributed by atoms with Gasteiger partial charge >= 0.3 is 0 Å². The number of piperidine rings is 1. The van der Waals surface area contributed by atoms with Crippen LogP contribution in [-0.2, 0) is 29.0 Å². The first-order valence-corrected chi connectivity index (χ1v) is 12.2. The zero-order valence-corrected chi connectivity index (χ0v) is 19.0. The van der Waals surface area contributed by atoms with E-state index >= 15 is 0 Å². The van der Waals surface area contributed by atoms with Crippen molar-refractivity contribution in [3.63, 3.8) is 0 Å². The fraction of sp³-hybridized carbons (Fsp3) is 0.444. The molecule has 3 aliphatic heterocycles. The molecule has 3 amide bonds. The van der Waals surface area contributed by atoms with Crippen molar-refractivity contribution < 1.29 is 14.4 Å². The molecule has 0 saturated carbocycles. The minimum atomic E-state index is -0.553. The maximum Gasteiger partial charge on any atom is 0.255 e. The van der Waals surface area contributed by atoms with E-state index in [0.29, 0.717) is 18.5 Å². The standard InChI is InChI=1S/C27H31N3O3/c31-25-15-14-24(26(32)28-25)30-18-22-19(10-6-12-21(22)27(30)33)8-2-1-5-16-29-17-7-11-20-9-3-4-13-23(20)29/h3-4,6,9-10,12-13,24H,1-2,5,7-8,11,14-18H2,(H,28,31,32). The molecule has 0 spiro atoms. The Labute approximate surface area is 194 Å². The minimum Gasteiger partial charge on any atom is -0.371 e. The lowest BCUT2D eigenvalue weighted by Gasteiger charge is -2.31. The van der Waals surface area contributed by atoms with Crippen molar-refractivity contribution in [3.8, 4) is 0 Å². The molecule has 2 aromatic carbocycles. The number of aryl methyl sites for hydroxylation is 2. The number of amides is 3. The van der Waals surface area contributed by atoms with Gasteiger partial charge in [0.05, 0.1) is 0 Å².